The first kappa shape index (κ1) is 14.9. The number of carbonyl (C=O) groups excluding carboxylic acids is 1. The summed E-state index contributed by atoms with van der Waals surface area (Å²) in [5.41, 5.74) is 4.50. The molecule has 0 N–H and O–H groups in total. The predicted octanol–water partition coefficient (Wildman–Crippen LogP) is 5.67. The third-order valence-electron chi connectivity index (χ3n) is 4.06. The zero-order chi connectivity index (χ0) is 16.5. The van der Waals surface area contributed by atoms with Gasteiger partial charge in [-0.25, -0.2) is 0 Å². The summed E-state index contributed by atoms with van der Waals surface area (Å²) in [6.07, 6.45) is 1.95. The number of halogens is 1. The molecular formula is C21H14BrNO. The minimum atomic E-state index is 0.00492. The average Bonchev–Trinajstić information content (AvgIpc) is 2.90. The second kappa shape index (κ2) is 6.10. The highest BCUT2D eigenvalue weighted by Gasteiger charge is 2.32. The molecule has 4 rings (SSSR count). The molecule has 0 saturated heterocycles. The summed E-state index contributed by atoms with van der Waals surface area (Å²) >= 11 is 3.44. The van der Waals surface area contributed by atoms with Crippen molar-refractivity contribution in [2.24, 2.45) is 0 Å². The maximum atomic E-state index is 13.1. The van der Waals surface area contributed by atoms with Gasteiger partial charge in [0.15, 0.2) is 0 Å². The lowest BCUT2D eigenvalue weighted by Gasteiger charge is -2.16. The highest BCUT2D eigenvalue weighted by atomic mass is 79.9. The molecule has 3 heteroatoms. The Hall–Kier alpha value is -2.65. The molecule has 0 saturated carbocycles. The number of fused-ring (bicyclic) bond motifs is 1. The molecule has 0 unspecified atom stereocenters. The van der Waals surface area contributed by atoms with Gasteiger partial charge in [0.1, 0.15) is 0 Å². The van der Waals surface area contributed by atoms with Gasteiger partial charge in [-0.05, 0) is 42.0 Å². The van der Waals surface area contributed by atoms with Crippen LogP contribution in [0.25, 0.3) is 11.6 Å². The van der Waals surface area contributed by atoms with Gasteiger partial charge >= 0.3 is 0 Å². The highest BCUT2D eigenvalue weighted by molar-refractivity contribution is 9.10. The van der Waals surface area contributed by atoms with Crippen LogP contribution in [0.2, 0.25) is 0 Å². The van der Waals surface area contributed by atoms with Crippen LogP contribution < -0.4 is 4.90 Å². The lowest BCUT2D eigenvalue weighted by atomic mass is 10.0. The fourth-order valence-corrected chi connectivity index (χ4v) is 3.20. The Morgan fingerprint density at radius 2 is 1.46 bits per heavy atom. The van der Waals surface area contributed by atoms with Gasteiger partial charge < -0.3 is 0 Å². The van der Waals surface area contributed by atoms with Crippen molar-refractivity contribution in [1.82, 2.24) is 0 Å². The summed E-state index contributed by atoms with van der Waals surface area (Å²) in [4.78, 5) is 14.9. The van der Waals surface area contributed by atoms with Crippen LogP contribution >= 0.6 is 15.9 Å². The van der Waals surface area contributed by atoms with E-state index in [0.29, 0.717) is 0 Å². The van der Waals surface area contributed by atoms with Crippen LogP contribution in [0, 0.1) is 0 Å². The standard InChI is InChI=1S/C21H14BrNO/c22-16-12-10-15(11-13-16)14-19-18-8-4-5-9-20(18)23(21(19)24)17-6-2-1-3-7-17/h1-14H/b19-14+. The maximum absolute atomic E-state index is 13.1. The molecule has 3 aromatic rings. The Bertz CT molecular complexity index is 930. The average molecular weight is 376 g/mol. The summed E-state index contributed by atoms with van der Waals surface area (Å²) in [5.74, 6) is 0.00492. The third-order valence-corrected chi connectivity index (χ3v) is 4.59. The zero-order valence-electron chi connectivity index (χ0n) is 12.8. The van der Waals surface area contributed by atoms with Gasteiger partial charge in [-0.1, -0.05) is 64.5 Å². The molecule has 116 valence electrons. The van der Waals surface area contributed by atoms with E-state index in [2.05, 4.69) is 15.9 Å². The van der Waals surface area contributed by atoms with Crippen LogP contribution in [0.1, 0.15) is 11.1 Å². The minimum Gasteiger partial charge on any atom is -0.276 e. The van der Waals surface area contributed by atoms with Crippen LogP contribution in [0.3, 0.4) is 0 Å². The smallest absolute Gasteiger partial charge is 0.263 e. The number of rotatable bonds is 2. The van der Waals surface area contributed by atoms with Gasteiger partial charge in [0.05, 0.1) is 11.3 Å². The first-order valence-electron chi connectivity index (χ1n) is 7.70. The molecule has 1 aliphatic heterocycles. The lowest BCUT2D eigenvalue weighted by Crippen LogP contribution is -2.20. The zero-order valence-corrected chi connectivity index (χ0v) is 14.4. The molecular weight excluding hydrogens is 362 g/mol. The number of hydrogen-bond donors (Lipinski definition) is 0. The van der Waals surface area contributed by atoms with Crippen molar-refractivity contribution < 1.29 is 4.79 Å². The minimum absolute atomic E-state index is 0.00492. The SMILES string of the molecule is O=C1/C(=C/c2ccc(Br)cc2)c2ccccc2N1c1ccccc1. The van der Waals surface area contributed by atoms with E-state index in [1.165, 1.54) is 0 Å². The molecule has 1 amide bonds. The Morgan fingerprint density at radius 1 is 0.792 bits per heavy atom. The first-order chi connectivity index (χ1) is 11.7. The molecule has 24 heavy (non-hydrogen) atoms. The molecule has 0 fully saturated rings. The van der Waals surface area contributed by atoms with Crippen LogP contribution in [-0.2, 0) is 4.79 Å². The lowest BCUT2D eigenvalue weighted by molar-refractivity contribution is -0.112. The number of para-hydroxylation sites is 2. The van der Waals surface area contributed by atoms with Gasteiger partial charge in [0.25, 0.3) is 5.91 Å². The highest BCUT2D eigenvalue weighted by Crippen LogP contribution is 2.41. The molecule has 2 nitrogen and oxygen atoms in total. The quantitative estimate of drug-likeness (QED) is 0.528. The van der Waals surface area contributed by atoms with E-state index in [-0.39, 0.29) is 5.91 Å². The van der Waals surface area contributed by atoms with Crippen molar-refractivity contribution >= 4 is 44.9 Å². The van der Waals surface area contributed by atoms with Crippen molar-refractivity contribution in [2.75, 3.05) is 4.90 Å². The molecule has 0 aromatic heterocycles. The van der Waals surface area contributed by atoms with Crippen molar-refractivity contribution in [3.63, 3.8) is 0 Å². The van der Waals surface area contributed by atoms with Crippen molar-refractivity contribution in [1.29, 1.82) is 0 Å². The van der Waals surface area contributed by atoms with E-state index < -0.39 is 0 Å². The first-order valence-corrected chi connectivity index (χ1v) is 8.49. The summed E-state index contributed by atoms with van der Waals surface area (Å²) in [6.45, 7) is 0. The molecule has 0 atom stereocenters. The van der Waals surface area contributed by atoms with Crippen molar-refractivity contribution in [2.45, 2.75) is 0 Å². The fourth-order valence-electron chi connectivity index (χ4n) is 2.94. The summed E-state index contributed by atoms with van der Waals surface area (Å²) in [7, 11) is 0. The molecule has 0 spiro atoms. The topological polar surface area (TPSA) is 20.3 Å². The fraction of sp³-hybridized carbons (Fsp3) is 0. The molecule has 1 aliphatic rings. The number of hydrogen-bond acceptors (Lipinski definition) is 1. The van der Waals surface area contributed by atoms with Gasteiger partial charge in [0.2, 0.25) is 0 Å². The third kappa shape index (κ3) is 2.57. The van der Waals surface area contributed by atoms with Crippen LogP contribution in [0.15, 0.2) is 83.3 Å². The monoisotopic (exact) mass is 375 g/mol. The Kier molecular flexibility index (Phi) is 3.79. The Morgan fingerprint density at radius 3 is 2.21 bits per heavy atom. The predicted molar refractivity (Wildman–Crippen MR) is 102 cm³/mol. The van der Waals surface area contributed by atoms with Crippen LogP contribution in [0.4, 0.5) is 11.4 Å². The largest absolute Gasteiger partial charge is 0.276 e. The van der Waals surface area contributed by atoms with E-state index >= 15 is 0 Å². The second-order valence-corrected chi connectivity index (χ2v) is 6.52. The Labute approximate surface area is 149 Å². The summed E-state index contributed by atoms with van der Waals surface area (Å²) < 4.78 is 1.02. The molecule has 0 aliphatic carbocycles. The van der Waals surface area contributed by atoms with Crippen LogP contribution in [-0.4, -0.2) is 5.91 Å². The van der Waals surface area contributed by atoms with Gasteiger partial charge in [-0.2, -0.15) is 0 Å². The van der Waals surface area contributed by atoms with Crippen molar-refractivity contribution in [3.05, 3.63) is 94.5 Å². The van der Waals surface area contributed by atoms with E-state index in [1.54, 1.807) is 4.90 Å². The molecule has 0 radical (unpaired) electrons. The number of anilines is 2. The normalized spacial score (nSPS) is 15.0. The molecule has 0 bridgehead atoms. The number of benzene rings is 3. The van der Waals surface area contributed by atoms with E-state index in [4.69, 9.17) is 0 Å². The Balaban J connectivity index is 1.85. The van der Waals surface area contributed by atoms with Crippen LogP contribution in [0.5, 0.6) is 0 Å². The number of amides is 1. The van der Waals surface area contributed by atoms with E-state index in [9.17, 15) is 4.79 Å². The van der Waals surface area contributed by atoms with Gasteiger partial charge in [-0.15, -0.1) is 0 Å². The number of carbonyl (C=O) groups is 1. The van der Waals surface area contributed by atoms with E-state index in [0.717, 1.165) is 32.5 Å². The molecule has 3 aromatic carbocycles. The number of nitrogens with zero attached hydrogens (tertiary/aromatic N) is 1. The van der Waals surface area contributed by atoms with Crippen molar-refractivity contribution in [3.8, 4) is 0 Å². The van der Waals surface area contributed by atoms with E-state index in [1.807, 2.05) is 84.9 Å². The summed E-state index contributed by atoms with van der Waals surface area (Å²) in [5, 5.41) is 0. The second-order valence-electron chi connectivity index (χ2n) is 5.60. The van der Waals surface area contributed by atoms with Gasteiger partial charge in [-0.3, -0.25) is 9.69 Å². The summed E-state index contributed by atoms with van der Waals surface area (Å²) in [6, 6.07) is 25.6. The van der Waals surface area contributed by atoms with Gasteiger partial charge in [0, 0.05) is 15.7 Å². The molecule has 1 heterocycles. The maximum Gasteiger partial charge on any atom is 0.263 e.